The third-order valence-corrected chi connectivity index (χ3v) is 4.03. The maximum absolute atomic E-state index is 12.5. The summed E-state index contributed by atoms with van der Waals surface area (Å²) in [4.78, 5) is 21.1. The van der Waals surface area contributed by atoms with E-state index < -0.39 is 0 Å². The van der Waals surface area contributed by atoms with Gasteiger partial charge >= 0.3 is 0 Å². The van der Waals surface area contributed by atoms with Crippen LogP contribution < -0.4 is 14.8 Å². The highest BCUT2D eigenvalue weighted by atomic mass is 16.5. The maximum Gasteiger partial charge on any atom is 0.251 e. The lowest BCUT2D eigenvalue weighted by Crippen LogP contribution is -2.23. The molecule has 0 aliphatic carbocycles. The van der Waals surface area contributed by atoms with Gasteiger partial charge in [-0.15, -0.1) is 0 Å². The van der Waals surface area contributed by atoms with Gasteiger partial charge < -0.3 is 14.8 Å². The summed E-state index contributed by atoms with van der Waals surface area (Å²) in [7, 11) is 0. The SMILES string of the molecule is CCOc1ccc(C(=O)NCc2cc(-c3ccccc3)ncn2)cc1OCC. The van der Waals surface area contributed by atoms with Gasteiger partial charge in [0.1, 0.15) is 6.33 Å². The molecule has 28 heavy (non-hydrogen) atoms. The van der Waals surface area contributed by atoms with Gasteiger partial charge in [-0.05, 0) is 38.1 Å². The van der Waals surface area contributed by atoms with Crippen molar-refractivity contribution in [2.75, 3.05) is 13.2 Å². The Labute approximate surface area is 164 Å². The van der Waals surface area contributed by atoms with Crippen molar-refractivity contribution in [2.45, 2.75) is 20.4 Å². The Hall–Kier alpha value is -3.41. The molecule has 6 nitrogen and oxygen atoms in total. The number of nitrogens with one attached hydrogen (secondary N) is 1. The summed E-state index contributed by atoms with van der Waals surface area (Å²) in [6, 6.07) is 16.9. The molecule has 3 rings (SSSR count). The zero-order valence-electron chi connectivity index (χ0n) is 16.0. The van der Waals surface area contributed by atoms with Crippen LogP contribution in [0.4, 0.5) is 0 Å². The number of ether oxygens (including phenoxy) is 2. The molecule has 1 N–H and O–H groups in total. The van der Waals surface area contributed by atoms with Crippen molar-refractivity contribution in [2.24, 2.45) is 0 Å². The van der Waals surface area contributed by atoms with Crippen molar-refractivity contribution in [3.63, 3.8) is 0 Å². The number of hydrogen-bond acceptors (Lipinski definition) is 5. The maximum atomic E-state index is 12.5. The van der Waals surface area contributed by atoms with Crippen LogP contribution in [0.2, 0.25) is 0 Å². The molecule has 2 aromatic carbocycles. The number of carbonyl (C=O) groups excluding carboxylic acids is 1. The molecule has 144 valence electrons. The lowest BCUT2D eigenvalue weighted by Gasteiger charge is -2.12. The van der Waals surface area contributed by atoms with Crippen molar-refractivity contribution >= 4 is 5.91 Å². The molecule has 0 aliphatic heterocycles. The van der Waals surface area contributed by atoms with Crippen molar-refractivity contribution in [3.05, 3.63) is 72.2 Å². The second-order valence-electron chi connectivity index (χ2n) is 5.97. The fourth-order valence-corrected chi connectivity index (χ4v) is 2.73. The number of carbonyl (C=O) groups is 1. The van der Waals surface area contributed by atoms with Crippen LogP contribution in [0.1, 0.15) is 29.9 Å². The van der Waals surface area contributed by atoms with Crippen LogP contribution in [-0.4, -0.2) is 29.1 Å². The van der Waals surface area contributed by atoms with E-state index >= 15 is 0 Å². The molecule has 1 amide bonds. The predicted octanol–water partition coefficient (Wildman–Crippen LogP) is 3.87. The van der Waals surface area contributed by atoms with Crippen LogP contribution in [0.5, 0.6) is 11.5 Å². The minimum atomic E-state index is -0.205. The second-order valence-corrected chi connectivity index (χ2v) is 5.97. The highest BCUT2D eigenvalue weighted by Gasteiger charge is 2.12. The summed E-state index contributed by atoms with van der Waals surface area (Å²) in [6.07, 6.45) is 1.51. The zero-order chi connectivity index (χ0) is 19.8. The smallest absolute Gasteiger partial charge is 0.251 e. The molecule has 0 saturated heterocycles. The van der Waals surface area contributed by atoms with Crippen molar-refractivity contribution in [3.8, 4) is 22.8 Å². The van der Waals surface area contributed by atoms with Crippen LogP contribution >= 0.6 is 0 Å². The summed E-state index contributed by atoms with van der Waals surface area (Å²) in [6.45, 7) is 5.12. The van der Waals surface area contributed by atoms with Crippen LogP contribution in [0.25, 0.3) is 11.3 Å². The molecule has 0 unspecified atom stereocenters. The highest BCUT2D eigenvalue weighted by molar-refractivity contribution is 5.94. The largest absolute Gasteiger partial charge is 0.490 e. The number of aromatic nitrogens is 2. The first-order valence-corrected chi connectivity index (χ1v) is 9.25. The Balaban J connectivity index is 1.69. The molecule has 0 atom stereocenters. The fourth-order valence-electron chi connectivity index (χ4n) is 2.73. The van der Waals surface area contributed by atoms with Gasteiger partial charge in [0, 0.05) is 11.1 Å². The summed E-state index contributed by atoms with van der Waals surface area (Å²) >= 11 is 0. The molecule has 0 bridgehead atoms. The van der Waals surface area contributed by atoms with Gasteiger partial charge in [-0.2, -0.15) is 0 Å². The predicted molar refractivity (Wildman–Crippen MR) is 107 cm³/mol. The molecule has 0 radical (unpaired) electrons. The minimum Gasteiger partial charge on any atom is -0.490 e. The van der Waals surface area contributed by atoms with Gasteiger partial charge in [0.15, 0.2) is 11.5 Å². The first-order valence-electron chi connectivity index (χ1n) is 9.25. The van der Waals surface area contributed by atoms with E-state index in [1.54, 1.807) is 18.2 Å². The molecular formula is C22H23N3O3. The molecule has 6 heteroatoms. The summed E-state index contributed by atoms with van der Waals surface area (Å²) in [5.74, 6) is 0.985. The fraction of sp³-hybridized carbons (Fsp3) is 0.227. The van der Waals surface area contributed by atoms with Gasteiger partial charge in [0.05, 0.1) is 31.1 Å². The summed E-state index contributed by atoms with van der Waals surface area (Å²) < 4.78 is 11.1. The standard InChI is InChI=1S/C22H23N3O3/c1-3-27-20-11-10-17(12-21(20)28-4-2)22(26)23-14-18-13-19(25-15-24-18)16-8-6-5-7-9-16/h5-13,15H,3-4,14H2,1-2H3,(H,23,26). The lowest BCUT2D eigenvalue weighted by molar-refractivity contribution is 0.0950. The van der Waals surface area contributed by atoms with Crippen LogP contribution in [0.15, 0.2) is 60.9 Å². The van der Waals surface area contributed by atoms with E-state index in [9.17, 15) is 4.79 Å². The van der Waals surface area contributed by atoms with Gasteiger partial charge in [-0.3, -0.25) is 4.79 Å². The van der Waals surface area contributed by atoms with Gasteiger partial charge in [0.25, 0.3) is 5.91 Å². The second kappa shape index (κ2) is 9.50. The first-order chi connectivity index (χ1) is 13.7. The summed E-state index contributed by atoms with van der Waals surface area (Å²) in [5, 5.41) is 2.89. The Morgan fingerprint density at radius 3 is 2.43 bits per heavy atom. The zero-order valence-corrected chi connectivity index (χ0v) is 16.0. The molecule has 0 saturated carbocycles. The molecule has 0 aliphatic rings. The summed E-state index contributed by atoms with van der Waals surface area (Å²) in [5.41, 5.74) is 3.06. The average molecular weight is 377 g/mol. The third-order valence-electron chi connectivity index (χ3n) is 4.03. The van der Waals surface area contributed by atoms with Gasteiger partial charge in [0.2, 0.25) is 0 Å². The van der Waals surface area contributed by atoms with Crippen molar-refractivity contribution in [1.82, 2.24) is 15.3 Å². The Bertz CT molecular complexity index is 929. The monoisotopic (exact) mass is 377 g/mol. The number of rotatable bonds is 8. The number of amides is 1. The van der Waals surface area contributed by atoms with E-state index in [1.807, 2.05) is 50.2 Å². The Kier molecular flexibility index (Phi) is 6.57. The molecule has 3 aromatic rings. The minimum absolute atomic E-state index is 0.205. The van der Waals surface area contributed by atoms with Crippen LogP contribution in [-0.2, 0) is 6.54 Å². The van der Waals surface area contributed by atoms with E-state index in [1.165, 1.54) is 6.33 Å². The molecular weight excluding hydrogens is 354 g/mol. The molecule has 0 spiro atoms. The van der Waals surface area contributed by atoms with E-state index in [0.717, 1.165) is 17.0 Å². The molecule has 1 heterocycles. The topological polar surface area (TPSA) is 73.3 Å². The third kappa shape index (κ3) is 4.85. The molecule has 1 aromatic heterocycles. The van der Waals surface area contributed by atoms with Crippen LogP contribution in [0, 0.1) is 0 Å². The normalized spacial score (nSPS) is 10.4. The van der Waals surface area contributed by atoms with E-state index in [0.29, 0.717) is 36.8 Å². The van der Waals surface area contributed by atoms with Crippen LogP contribution in [0.3, 0.4) is 0 Å². The number of hydrogen-bond donors (Lipinski definition) is 1. The Morgan fingerprint density at radius 2 is 1.68 bits per heavy atom. The Morgan fingerprint density at radius 1 is 0.929 bits per heavy atom. The van der Waals surface area contributed by atoms with Crippen molar-refractivity contribution < 1.29 is 14.3 Å². The molecule has 0 fully saturated rings. The number of benzene rings is 2. The van der Waals surface area contributed by atoms with Crippen molar-refractivity contribution in [1.29, 1.82) is 0 Å². The van der Waals surface area contributed by atoms with E-state index in [-0.39, 0.29) is 5.91 Å². The average Bonchev–Trinajstić information content (AvgIpc) is 2.74. The van der Waals surface area contributed by atoms with E-state index in [4.69, 9.17) is 9.47 Å². The highest BCUT2D eigenvalue weighted by Crippen LogP contribution is 2.28. The van der Waals surface area contributed by atoms with E-state index in [2.05, 4.69) is 15.3 Å². The quantitative estimate of drug-likeness (QED) is 0.645. The first kappa shape index (κ1) is 19.4. The van der Waals surface area contributed by atoms with Gasteiger partial charge in [-0.25, -0.2) is 9.97 Å². The lowest BCUT2D eigenvalue weighted by atomic mass is 10.1. The van der Waals surface area contributed by atoms with Gasteiger partial charge in [-0.1, -0.05) is 30.3 Å². The number of nitrogens with zero attached hydrogens (tertiary/aromatic N) is 2.